The largest absolute Gasteiger partial charge is 0.487 e. The summed E-state index contributed by atoms with van der Waals surface area (Å²) in [6.45, 7) is 0.320. The number of thioether (sulfide) groups is 1. The third kappa shape index (κ3) is 5.17. The molecule has 2 amide bonds. The van der Waals surface area contributed by atoms with Gasteiger partial charge in [0.2, 0.25) is 0 Å². The minimum absolute atomic E-state index is 0.317. The molecule has 4 rings (SSSR count). The molecule has 1 aliphatic heterocycles. The maximum atomic E-state index is 12.8. The van der Waals surface area contributed by atoms with Gasteiger partial charge in [0.1, 0.15) is 12.4 Å². The number of imide groups is 1. The van der Waals surface area contributed by atoms with Crippen molar-refractivity contribution in [2.75, 3.05) is 4.90 Å². The molecule has 0 bridgehead atoms. The lowest BCUT2D eigenvalue weighted by Crippen LogP contribution is -2.27. The number of hydrogen-bond acceptors (Lipinski definition) is 4. The van der Waals surface area contributed by atoms with Crippen molar-refractivity contribution < 1.29 is 14.3 Å². The van der Waals surface area contributed by atoms with Gasteiger partial charge in [0.25, 0.3) is 11.1 Å². The first-order valence-electron chi connectivity index (χ1n) is 9.22. The van der Waals surface area contributed by atoms with Crippen LogP contribution in [-0.4, -0.2) is 11.1 Å². The number of nitrogens with zero attached hydrogens (tertiary/aromatic N) is 1. The van der Waals surface area contributed by atoms with Crippen molar-refractivity contribution in [3.8, 4) is 5.75 Å². The van der Waals surface area contributed by atoms with Gasteiger partial charge in [-0.3, -0.25) is 9.59 Å². The summed E-state index contributed by atoms with van der Waals surface area (Å²) >= 11 is 18.7. The molecule has 0 N–H and O–H groups in total. The second kappa shape index (κ2) is 10.2. The second-order valence-electron chi connectivity index (χ2n) is 6.70. The number of ether oxygens (including phenoxy) is 1. The Labute approximate surface area is 221 Å². The lowest BCUT2D eigenvalue weighted by Gasteiger charge is -2.12. The van der Waals surface area contributed by atoms with Crippen molar-refractivity contribution in [3.63, 3.8) is 0 Å². The van der Waals surface area contributed by atoms with Gasteiger partial charge in [0.15, 0.2) is 0 Å². The highest BCUT2D eigenvalue weighted by molar-refractivity contribution is 14.1. The predicted octanol–water partition coefficient (Wildman–Crippen LogP) is 8.18. The molecule has 9 heteroatoms. The Hall–Kier alpha value is -1.52. The van der Waals surface area contributed by atoms with E-state index >= 15 is 0 Å². The average molecular weight is 661 g/mol. The number of rotatable bonds is 5. The summed E-state index contributed by atoms with van der Waals surface area (Å²) in [7, 11) is 0. The summed E-state index contributed by atoms with van der Waals surface area (Å²) in [5, 5.41) is 0.649. The molecular weight excluding hydrogens is 648 g/mol. The van der Waals surface area contributed by atoms with Crippen LogP contribution in [0.2, 0.25) is 10.0 Å². The smallest absolute Gasteiger partial charge is 0.298 e. The Bertz CT molecular complexity index is 1230. The van der Waals surface area contributed by atoms with Crippen LogP contribution in [0.3, 0.4) is 0 Å². The van der Waals surface area contributed by atoms with E-state index in [1.165, 1.54) is 4.90 Å². The fourth-order valence-electron chi connectivity index (χ4n) is 3.00. The SMILES string of the molecule is O=C1S/C(=C\c2cc(Br)c(OCc3ccc(Cl)c(Cl)c3)c(I)c2)C(=O)N1c1ccccc1. The van der Waals surface area contributed by atoms with E-state index in [4.69, 9.17) is 27.9 Å². The van der Waals surface area contributed by atoms with Crippen LogP contribution >= 0.6 is 73.5 Å². The van der Waals surface area contributed by atoms with Crippen molar-refractivity contribution in [2.45, 2.75) is 6.61 Å². The average Bonchev–Trinajstić information content (AvgIpc) is 3.03. The first kappa shape index (κ1) is 23.6. The van der Waals surface area contributed by atoms with Crippen LogP contribution in [0.15, 0.2) is 70.0 Å². The number of amides is 2. The van der Waals surface area contributed by atoms with E-state index in [2.05, 4.69) is 38.5 Å². The standard InChI is InChI=1S/C23H13BrCl2INO3S/c24-16-8-14(10-19(27)21(16)31-12-13-6-7-17(25)18(26)9-13)11-20-22(29)28(23(30)32-20)15-4-2-1-3-5-15/h1-11H,12H2/b20-11-. The van der Waals surface area contributed by atoms with Gasteiger partial charge in [-0.2, -0.15) is 0 Å². The molecule has 1 aliphatic rings. The van der Waals surface area contributed by atoms with E-state index in [9.17, 15) is 9.59 Å². The molecule has 0 saturated carbocycles. The summed E-state index contributed by atoms with van der Waals surface area (Å²) in [6, 6.07) is 18.0. The molecule has 162 valence electrons. The molecule has 0 aliphatic carbocycles. The minimum Gasteiger partial charge on any atom is -0.487 e. The molecule has 3 aromatic rings. The maximum Gasteiger partial charge on any atom is 0.298 e. The number of hydrogen-bond donors (Lipinski definition) is 0. The highest BCUT2D eigenvalue weighted by Gasteiger charge is 2.36. The van der Waals surface area contributed by atoms with E-state index in [1.54, 1.807) is 42.5 Å². The number of carbonyl (C=O) groups excluding carboxylic acids is 2. The summed E-state index contributed by atoms with van der Waals surface area (Å²) in [5.41, 5.74) is 2.22. The van der Waals surface area contributed by atoms with Gasteiger partial charge in [-0.05, 0) is 104 Å². The molecule has 32 heavy (non-hydrogen) atoms. The molecule has 0 radical (unpaired) electrons. The van der Waals surface area contributed by atoms with Gasteiger partial charge in [0, 0.05) is 0 Å². The zero-order valence-corrected chi connectivity index (χ0v) is 22.2. The quantitative estimate of drug-likeness (QED) is 0.205. The Kier molecular flexibility index (Phi) is 7.51. The molecular formula is C23H13BrCl2INO3S. The molecule has 1 saturated heterocycles. The van der Waals surface area contributed by atoms with E-state index in [1.807, 2.05) is 24.3 Å². The molecule has 1 heterocycles. The monoisotopic (exact) mass is 659 g/mol. The highest BCUT2D eigenvalue weighted by atomic mass is 127. The van der Waals surface area contributed by atoms with Crippen molar-refractivity contribution in [1.29, 1.82) is 0 Å². The number of carbonyl (C=O) groups is 2. The van der Waals surface area contributed by atoms with Crippen molar-refractivity contribution >= 4 is 96.4 Å². The Morgan fingerprint density at radius 1 is 1.03 bits per heavy atom. The van der Waals surface area contributed by atoms with E-state index in [0.717, 1.165) is 30.9 Å². The van der Waals surface area contributed by atoms with Crippen molar-refractivity contribution in [1.82, 2.24) is 0 Å². The summed E-state index contributed by atoms with van der Waals surface area (Å²) in [6.07, 6.45) is 1.71. The van der Waals surface area contributed by atoms with Gasteiger partial charge in [-0.25, -0.2) is 4.90 Å². The lowest BCUT2D eigenvalue weighted by atomic mass is 10.2. The van der Waals surface area contributed by atoms with Crippen LogP contribution in [0, 0.1) is 3.57 Å². The van der Waals surface area contributed by atoms with Gasteiger partial charge >= 0.3 is 0 Å². The van der Waals surface area contributed by atoms with Gasteiger partial charge in [-0.15, -0.1) is 0 Å². The zero-order valence-electron chi connectivity index (χ0n) is 16.2. The third-order valence-electron chi connectivity index (χ3n) is 4.49. The molecule has 4 nitrogen and oxygen atoms in total. The van der Waals surface area contributed by atoms with E-state index < -0.39 is 0 Å². The maximum absolute atomic E-state index is 12.8. The number of benzene rings is 3. The molecule has 0 spiro atoms. The van der Waals surface area contributed by atoms with Crippen molar-refractivity contribution in [2.24, 2.45) is 0 Å². The highest BCUT2D eigenvalue weighted by Crippen LogP contribution is 2.38. The van der Waals surface area contributed by atoms with E-state index in [0.29, 0.717) is 33.0 Å². The minimum atomic E-state index is -0.336. The van der Waals surface area contributed by atoms with Crippen LogP contribution in [0.4, 0.5) is 10.5 Å². The summed E-state index contributed by atoms with van der Waals surface area (Å²) < 4.78 is 7.56. The van der Waals surface area contributed by atoms with Crippen LogP contribution in [0.1, 0.15) is 11.1 Å². The molecule has 0 unspecified atom stereocenters. The first-order chi connectivity index (χ1) is 15.3. The second-order valence-corrected chi connectivity index (χ2v) is 10.5. The number of para-hydroxylation sites is 1. The Morgan fingerprint density at radius 2 is 1.78 bits per heavy atom. The molecule has 0 atom stereocenters. The summed E-state index contributed by atoms with van der Waals surface area (Å²) in [5.74, 6) is 0.337. The molecule has 1 fully saturated rings. The van der Waals surface area contributed by atoms with Crippen molar-refractivity contribution in [3.05, 3.63) is 94.8 Å². The zero-order chi connectivity index (χ0) is 22.8. The van der Waals surface area contributed by atoms with Gasteiger partial charge in [0.05, 0.1) is 28.7 Å². The molecule has 3 aromatic carbocycles. The van der Waals surface area contributed by atoms with E-state index in [-0.39, 0.29) is 11.1 Å². The number of halogens is 4. The topological polar surface area (TPSA) is 46.6 Å². The Morgan fingerprint density at radius 3 is 2.47 bits per heavy atom. The van der Waals surface area contributed by atoms with Crippen LogP contribution in [0.25, 0.3) is 6.08 Å². The van der Waals surface area contributed by atoms with Gasteiger partial charge in [-0.1, -0.05) is 47.5 Å². The van der Waals surface area contributed by atoms with Crippen LogP contribution in [0.5, 0.6) is 5.75 Å². The summed E-state index contributed by atoms with van der Waals surface area (Å²) in [4.78, 5) is 26.8. The van der Waals surface area contributed by atoms with Gasteiger partial charge < -0.3 is 4.74 Å². The van der Waals surface area contributed by atoms with Crippen LogP contribution < -0.4 is 9.64 Å². The third-order valence-corrected chi connectivity index (χ3v) is 7.49. The fraction of sp³-hybridized carbons (Fsp3) is 0.0435. The normalized spacial score (nSPS) is 15.0. The first-order valence-corrected chi connectivity index (χ1v) is 12.7. The Balaban J connectivity index is 1.54. The van der Waals surface area contributed by atoms with Crippen LogP contribution in [-0.2, 0) is 11.4 Å². The lowest BCUT2D eigenvalue weighted by molar-refractivity contribution is -0.113. The fourth-order valence-corrected chi connectivity index (χ4v) is 5.94. The number of anilines is 1. The molecule has 0 aromatic heterocycles. The predicted molar refractivity (Wildman–Crippen MR) is 143 cm³/mol.